The summed E-state index contributed by atoms with van der Waals surface area (Å²) in [7, 11) is 0. The molecule has 6 rings (SSSR count). The molecule has 0 N–H and O–H groups in total. The summed E-state index contributed by atoms with van der Waals surface area (Å²) in [5.74, 6) is 1.86. The Balaban J connectivity index is 1.17. The zero-order valence-electron chi connectivity index (χ0n) is 19.3. The van der Waals surface area contributed by atoms with Gasteiger partial charge in [0.25, 0.3) is 0 Å². The Morgan fingerprint density at radius 1 is 0.697 bits per heavy atom. The first-order chi connectivity index (χ1) is 16.3. The van der Waals surface area contributed by atoms with Crippen molar-refractivity contribution in [1.29, 1.82) is 0 Å². The summed E-state index contributed by atoms with van der Waals surface area (Å²) >= 11 is 0. The van der Waals surface area contributed by atoms with E-state index in [1.807, 2.05) is 0 Å². The van der Waals surface area contributed by atoms with Gasteiger partial charge in [0, 0.05) is 25.0 Å². The molecule has 0 spiro atoms. The largest absolute Gasteiger partial charge is 0.303 e. The summed E-state index contributed by atoms with van der Waals surface area (Å²) in [6.45, 7) is 4.58. The summed E-state index contributed by atoms with van der Waals surface area (Å²) in [5, 5.41) is 2.33. The average molecular weight is 439 g/mol. The summed E-state index contributed by atoms with van der Waals surface area (Å²) in [6.07, 6.45) is 3.83. The van der Waals surface area contributed by atoms with E-state index in [4.69, 9.17) is 4.84 Å². The molecule has 3 aromatic carbocycles. The lowest BCUT2D eigenvalue weighted by Crippen LogP contribution is -2.40. The van der Waals surface area contributed by atoms with Crippen LogP contribution in [-0.4, -0.2) is 42.2 Å². The van der Waals surface area contributed by atoms with Gasteiger partial charge in [-0.3, -0.25) is 4.84 Å². The normalized spacial score (nSPS) is 28.7. The molecule has 170 valence electrons. The highest BCUT2D eigenvalue weighted by atomic mass is 16.7. The molecule has 33 heavy (non-hydrogen) atoms. The van der Waals surface area contributed by atoms with Crippen molar-refractivity contribution in [3.63, 3.8) is 0 Å². The lowest BCUT2D eigenvalue weighted by Gasteiger charge is -2.36. The standard InChI is InChI=1S/C30H34N2O/c1-4-10-23(11-5-1)24-16-18-31(19-17-24)21-28-27(25-12-6-2-7-13-25)22-32-29(28)20-30(33-32)26-14-8-3-9-15-26/h1-15,24,27-30H,16-22H2/t27-,28-,29+,30+/m1/s1. The lowest BCUT2D eigenvalue weighted by molar-refractivity contribution is -0.152. The van der Waals surface area contributed by atoms with Gasteiger partial charge in [-0.25, -0.2) is 0 Å². The summed E-state index contributed by atoms with van der Waals surface area (Å²) in [4.78, 5) is 9.27. The van der Waals surface area contributed by atoms with E-state index in [0.717, 1.165) is 13.0 Å². The van der Waals surface area contributed by atoms with Crippen LogP contribution in [0.15, 0.2) is 91.0 Å². The second-order valence-electron chi connectivity index (χ2n) is 10.1. The first-order valence-corrected chi connectivity index (χ1v) is 12.7. The number of fused-ring (bicyclic) bond motifs is 1. The third-order valence-corrected chi connectivity index (χ3v) is 8.20. The molecule has 3 aliphatic heterocycles. The van der Waals surface area contributed by atoms with Gasteiger partial charge in [0.2, 0.25) is 0 Å². The second kappa shape index (κ2) is 9.42. The fraction of sp³-hybridized carbons (Fsp3) is 0.400. The van der Waals surface area contributed by atoms with E-state index in [9.17, 15) is 0 Å². The fourth-order valence-electron chi connectivity index (χ4n) is 6.42. The molecule has 3 aliphatic rings. The fourth-order valence-corrected chi connectivity index (χ4v) is 6.42. The van der Waals surface area contributed by atoms with E-state index in [1.54, 1.807) is 0 Å². The SMILES string of the molecule is c1ccc(C2CCN(C[C@@H]3[C@@H](c4ccccc4)CN4O[C@H](c5ccccc5)C[C@@H]34)CC2)cc1. The van der Waals surface area contributed by atoms with Crippen molar-refractivity contribution in [3.05, 3.63) is 108 Å². The minimum absolute atomic E-state index is 0.194. The van der Waals surface area contributed by atoms with Crippen molar-refractivity contribution < 1.29 is 4.84 Å². The van der Waals surface area contributed by atoms with Crippen molar-refractivity contribution in [2.24, 2.45) is 5.92 Å². The highest BCUT2D eigenvalue weighted by Crippen LogP contribution is 2.47. The number of rotatable bonds is 5. The van der Waals surface area contributed by atoms with Gasteiger partial charge in [-0.15, -0.1) is 0 Å². The Morgan fingerprint density at radius 3 is 1.91 bits per heavy atom. The van der Waals surface area contributed by atoms with Crippen LogP contribution in [0.25, 0.3) is 0 Å². The van der Waals surface area contributed by atoms with Crippen LogP contribution >= 0.6 is 0 Å². The maximum Gasteiger partial charge on any atom is 0.106 e. The van der Waals surface area contributed by atoms with E-state index < -0.39 is 0 Å². The van der Waals surface area contributed by atoms with Crippen LogP contribution in [0.4, 0.5) is 0 Å². The quantitative estimate of drug-likeness (QED) is 0.484. The molecule has 3 heterocycles. The highest BCUT2D eigenvalue weighted by molar-refractivity contribution is 5.26. The minimum Gasteiger partial charge on any atom is -0.303 e. The van der Waals surface area contributed by atoms with Gasteiger partial charge in [0.05, 0.1) is 0 Å². The molecule has 0 aromatic heterocycles. The second-order valence-corrected chi connectivity index (χ2v) is 10.1. The maximum absolute atomic E-state index is 6.53. The summed E-state index contributed by atoms with van der Waals surface area (Å²) in [6, 6.07) is 33.5. The number of piperidine rings is 1. The third-order valence-electron chi connectivity index (χ3n) is 8.20. The molecule has 0 radical (unpaired) electrons. The van der Waals surface area contributed by atoms with Crippen molar-refractivity contribution >= 4 is 0 Å². The van der Waals surface area contributed by atoms with E-state index in [0.29, 0.717) is 23.8 Å². The third kappa shape index (κ3) is 4.38. The number of hydroxylamine groups is 2. The van der Waals surface area contributed by atoms with Crippen molar-refractivity contribution in [1.82, 2.24) is 9.96 Å². The minimum atomic E-state index is 0.194. The Labute approximate surface area is 197 Å². The van der Waals surface area contributed by atoms with Gasteiger partial charge in [-0.05, 0) is 60.9 Å². The van der Waals surface area contributed by atoms with E-state index in [2.05, 4.69) is 101 Å². The van der Waals surface area contributed by atoms with Crippen LogP contribution in [-0.2, 0) is 4.84 Å². The predicted molar refractivity (Wildman–Crippen MR) is 133 cm³/mol. The van der Waals surface area contributed by atoms with Gasteiger partial charge in [0.1, 0.15) is 6.10 Å². The molecule has 0 saturated carbocycles. The van der Waals surface area contributed by atoms with Crippen LogP contribution < -0.4 is 0 Å². The van der Waals surface area contributed by atoms with Gasteiger partial charge in [0.15, 0.2) is 0 Å². The molecule has 3 aromatic rings. The average Bonchev–Trinajstić information content (AvgIpc) is 3.45. The molecule has 0 bridgehead atoms. The van der Waals surface area contributed by atoms with Gasteiger partial charge in [-0.1, -0.05) is 91.0 Å². The molecular weight excluding hydrogens is 404 g/mol. The number of nitrogens with zero attached hydrogens (tertiary/aromatic N) is 2. The molecule has 3 fully saturated rings. The zero-order valence-corrected chi connectivity index (χ0v) is 19.3. The highest BCUT2D eigenvalue weighted by Gasteiger charge is 2.49. The van der Waals surface area contributed by atoms with Crippen molar-refractivity contribution in [2.75, 3.05) is 26.2 Å². The maximum atomic E-state index is 6.53. The number of likely N-dealkylation sites (tertiary alicyclic amines) is 1. The lowest BCUT2D eigenvalue weighted by atomic mass is 9.82. The Bertz CT molecular complexity index is 1020. The van der Waals surface area contributed by atoms with E-state index >= 15 is 0 Å². The van der Waals surface area contributed by atoms with Gasteiger partial charge in [-0.2, -0.15) is 5.06 Å². The topological polar surface area (TPSA) is 15.7 Å². The van der Waals surface area contributed by atoms with Crippen molar-refractivity contribution in [3.8, 4) is 0 Å². The molecular formula is C30H34N2O. The first kappa shape index (κ1) is 21.1. The van der Waals surface area contributed by atoms with Crippen LogP contribution in [0.2, 0.25) is 0 Å². The molecule has 3 nitrogen and oxygen atoms in total. The number of hydrogen-bond acceptors (Lipinski definition) is 3. The molecule has 0 amide bonds. The predicted octanol–water partition coefficient (Wildman–Crippen LogP) is 6.03. The van der Waals surface area contributed by atoms with E-state index in [1.165, 1.54) is 49.2 Å². The Morgan fingerprint density at radius 2 is 1.27 bits per heavy atom. The monoisotopic (exact) mass is 438 g/mol. The number of benzene rings is 3. The summed E-state index contributed by atoms with van der Waals surface area (Å²) in [5.41, 5.74) is 4.29. The zero-order chi connectivity index (χ0) is 22.0. The molecule has 3 heteroatoms. The van der Waals surface area contributed by atoms with Gasteiger partial charge < -0.3 is 4.90 Å². The molecule has 0 unspecified atom stereocenters. The van der Waals surface area contributed by atoms with Crippen LogP contribution in [0.1, 0.15) is 53.9 Å². The smallest absolute Gasteiger partial charge is 0.106 e. The summed E-state index contributed by atoms with van der Waals surface area (Å²) < 4.78 is 0. The van der Waals surface area contributed by atoms with Crippen LogP contribution in [0.5, 0.6) is 0 Å². The van der Waals surface area contributed by atoms with Crippen LogP contribution in [0, 0.1) is 5.92 Å². The van der Waals surface area contributed by atoms with Gasteiger partial charge >= 0.3 is 0 Å². The van der Waals surface area contributed by atoms with E-state index in [-0.39, 0.29) is 6.10 Å². The first-order valence-electron chi connectivity index (χ1n) is 12.7. The molecule has 3 saturated heterocycles. The molecule has 0 aliphatic carbocycles. The van der Waals surface area contributed by atoms with Crippen LogP contribution in [0.3, 0.4) is 0 Å². The Kier molecular flexibility index (Phi) is 6.02. The number of hydrogen-bond donors (Lipinski definition) is 0. The molecule has 4 atom stereocenters. The Hall–Kier alpha value is -2.46. The van der Waals surface area contributed by atoms with Crippen molar-refractivity contribution in [2.45, 2.75) is 43.2 Å².